The number of aliphatic hydroxyl groups excluding tert-OH is 1. The van der Waals surface area contributed by atoms with Crippen molar-refractivity contribution in [2.45, 2.75) is 44.0 Å². The van der Waals surface area contributed by atoms with Gasteiger partial charge in [-0.15, -0.1) is 0 Å². The van der Waals surface area contributed by atoms with Crippen molar-refractivity contribution in [3.8, 4) is 22.6 Å². The number of aromatic nitrogens is 1. The molecule has 57 heavy (non-hydrogen) atoms. The largest absolute Gasteiger partial charge is 0.506 e. The number of aliphatic hydroxyl groups is 1. The number of pyridine rings is 1. The summed E-state index contributed by atoms with van der Waals surface area (Å²) in [6, 6.07) is 40.3. The molecule has 3 saturated heterocycles. The first kappa shape index (κ1) is 38.0. The number of aromatic hydroxyl groups is 1. The third kappa shape index (κ3) is 8.58. The summed E-state index contributed by atoms with van der Waals surface area (Å²) < 4.78 is 6.28. The van der Waals surface area contributed by atoms with Crippen LogP contribution in [0.25, 0.3) is 22.0 Å². The van der Waals surface area contributed by atoms with E-state index < -0.39 is 18.2 Å². The van der Waals surface area contributed by atoms with Crippen molar-refractivity contribution in [1.29, 1.82) is 0 Å². The van der Waals surface area contributed by atoms with E-state index in [0.29, 0.717) is 42.1 Å². The van der Waals surface area contributed by atoms with Gasteiger partial charge in [0.15, 0.2) is 0 Å². The highest BCUT2D eigenvalue weighted by molar-refractivity contribution is 5.87. The Morgan fingerprint density at radius 2 is 1.54 bits per heavy atom. The van der Waals surface area contributed by atoms with Gasteiger partial charge in [-0.1, -0.05) is 97.1 Å². The highest BCUT2D eigenvalue weighted by Crippen LogP contribution is 2.39. The maximum absolute atomic E-state index is 13.0. The van der Waals surface area contributed by atoms with Crippen LogP contribution in [0.15, 0.2) is 132 Å². The van der Waals surface area contributed by atoms with Crippen LogP contribution in [0, 0.1) is 5.92 Å². The van der Waals surface area contributed by atoms with Crippen molar-refractivity contribution in [3.63, 3.8) is 0 Å². The number of phenolic OH excluding ortho intramolecular Hbond substituents is 1. The zero-order chi connectivity index (χ0) is 39.3. The Morgan fingerprint density at radius 1 is 0.842 bits per heavy atom. The maximum atomic E-state index is 13.0. The van der Waals surface area contributed by atoms with E-state index in [1.54, 1.807) is 17.0 Å². The van der Waals surface area contributed by atoms with Crippen LogP contribution >= 0.6 is 0 Å². The molecule has 4 heterocycles. The quantitative estimate of drug-likeness (QED) is 0.0769. The highest BCUT2D eigenvalue weighted by atomic mass is 16.5. The van der Waals surface area contributed by atoms with Gasteiger partial charge < -0.3 is 35.3 Å². The van der Waals surface area contributed by atoms with Crippen LogP contribution in [0.4, 0.5) is 4.79 Å². The molecule has 5 aromatic carbocycles. The number of carboxylic acid groups (broad SMARTS) is 1. The summed E-state index contributed by atoms with van der Waals surface area (Å²) in [6.45, 7) is 4.22. The van der Waals surface area contributed by atoms with E-state index in [-0.39, 0.29) is 17.4 Å². The van der Waals surface area contributed by atoms with E-state index in [0.717, 1.165) is 78.0 Å². The summed E-state index contributed by atoms with van der Waals surface area (Å²) in [5.41, 5.74) is 6.93. The molecule has 3 atom stereocenters. The molecule has 10 nitrogen and oxygen atoms in total. The van der Waals surface area contributed by atoms with Gasteiger partial charge in [-0.2, -0.15) is 0 Å². The second-order valence-corrected chi connectivity index (χ2v) is 15.2. The van der Waals surface area contributed by atoms with Crippen LogP contribution in [0.5, 0.6) is 11.5 Å². The van der Waals surface area contributed by atoms with Crippen molar-refractivity contribution in [2.75, 3.05) is 32.8 Å². The molecule has 3 unspecified atom stereocenters. The van der Waals surface area contributed by atoms with E-state index in [1.807, 2.05) is 54.6 Å². The average molecular weight is 765 g/mol. The Kier molecular flexibility index (Phi) is 11.4. The van der Waals surface area contributed by atoms with E-state index in [4.69, 9.17) is 4.74 Å². The molecular formula is C47H48N4O6. The van der Waals surface area contributed by atoms with Gasteiger partial charge in [0.2, 0.25) is 5.56 Å². The third-order valence-corrected chi connectivity index (χ3v) is 11.6. The topological polar surface area (TPSA) is 138 Å². The molecule has 0 radical (unpaired) electrons. The lowest BCUT2D eigenvalue weighted by Crippen LogP contribution is -2.59. The molecule has 6 aromatic rings. The van der Waals surface area contributed by atoms with Gasteiger partial charge in [-0.25, -0.2) is 4.79 Å². The Hall–Kier alpha value is -5.94. The van der Waals surface area contributed by atoms with E-state index >= 15 is 0 Å². The van der Waals surface area contributed by atoms with Crippen LogP contribution < -0.4 is 15.6 Å². The normalized spacial score (nSPS) is 18.6. The number of carbonyl (C=O) groups is 1. The maximum Gasteiger partial charge on any atom is 0.408 e. The number of benzene rings is 5. The van der Waals surface area contributed by atoms with Crippen molar-refractivity contribution in [1.82, 2.24) is 20.1 Å². The number of hydrogen-bond acceptors (Lipinski definition) is 7. The van der Waals surface area contributed by atoms with Crippen molar-refractivity contribution < 1.29 is 24.9 Å². The summed E-state index contributed by atoms with van der Waals surface area (Å²) in [5.74, 6) is 1.06. The molecule has 9 rings (SSSR count). The van der Waals surface area contributed by atoms with Crippen molar-refractivity contribution >= 4 is 17.0 Å². The third-order valence-electron chi connectivity index (χ3n) is 11.6. The van der Waals surface area contributed by atoms with Gasteiger partial charge in [0, 0.05) is 37.5 Å². The Labute approximate surface area is 332 Å². The first-order valence-electron chi connectivity index (χ1n) is 19.7. The lowest BCUT2D eigenvalue weighted by Gasteiger charge is -2.50. The molecule has 2 bridgehead atoms. The minimum atomic E-state index is -0.889. The first-order valence-corrected chi connectivity index (χ1v) is 19.7. The van der Waals surface area contributed by atoms with E-state index in [2.05, 4.69) is 63.7 Å². The molecule has 10 heteroatoms. The van der Waals surface area contributed by atoms with E-state index in [9.17, 15) is 24.9 Å². The molecule has 1 aromatic heterocycles. The fourth-order valence-electron chi connectivity index (χ4n) is 8.59. The smallest absolute Gasteiger partial charge is 0.408 e. The predicted octanol–water partition coefficient (Wildman–Crippen LogP) is 7.51. The molecular weight excluding hydrogens is 717 g/mol. The molecule has 292 valence electrons. The number of phenols is 1. The van der Waals surface area contributed by atoms with E-state index in [1.165, 1.54) is 12.1 Å². The van der Waals surface area contributed by atoms with Gasteiger partial charge in [-0.05, 0) is 95.1 Å². The lowest BCUT2D eigenvalue weighted by molar-refractivity contribution is -0.000811. The van der Waals surface area contributed by atoms with Crippen LogP contribution in [0.2, 0.25) is 0 Å². The van der Waals surface area contributed by atoms with Gasteiger partial charge in [0.05, 0.1) is 30.3 Å². The highest BCUT2D eigenvalue weighted by Gasteiger charge is 2.43. The standard InChI is InChI=1S/C47H48N4O6/c52-42-19-17-39(40-18-20-44(54)49-45(40)42)43(53)29-48-28-32-11-15-34(16-12-32)33-13-9-31(10-14-33)23-26-57-38-8-4-7-37(27-38)46(36-5-2-1-3-6-36)51(47(55)56)41-30-50-24-21-35(41)22-25-50/h1-20,27,35,41,43,46,48,52-53H,21-26,28-30H2,(H,49,54)(H,55,56). The van der Waals surface area contributed by atoms with Crippen LogP contribution in [-0.2, 0) is 13.0 Å². The molecule has 1 amide bonds. The summed E-state index contributed by atoms with van der Waals surface area (Å²) in [4.78, 5) is 31.5. The minimum Gasteiger partial charge on any atom is -0.506 e. The average Bonchev–Trinajstić information content (AvgIpc) is 3.24. The Bertz CT molecular complexity index is 2360. The van der Waals surface area contributed by atoms with Gasteiger partial charge in [0.25, 0.3) is 0 Å². The molecule has 5 N–H and O–H groups in total. The monoisotopic (exact) mass is 764 g/mol. The number of fused-ring (bicyclic) bond motifs is 4. The summed E-state index contributed by atoms with van der Waals surface area (Å²) in [5, 5.41) is 35.6. The number of ether oxygens (including phenoxy) is 1. The number of H-pyrrole nitrogens is 1. The number of rotatable bonds is 14. The molecule has 3 aliphatic rings. The second kappa shape index (κ2) is 17.1. The van der Waals surface area contributed by atoms with Crippen LogP contribution in [-0.4, -0.2) is 75.0 Å². The number of nitrogens with one attached hydrogen (secondary N) is 2. The fourth-order valence-corrected chi connectivity index (χ4v) is 8.59. The fraction of sp³-hybridized carbons (Fsp3) is 0.277. The van der Waals surface area contributed by atoms with Gasteiger partial charge in [-0.3, -0.25) is 9.69 Å². The zero-order valence-corrected chi connectivity index (χ0v) is 31.8. The Balaban J connectivity index is 0.862. The molecule has 3 fully saturated rings. The van der Waals surface area contributed by atoms with Crippen LogP contribution in [0.1, 0.15) is 52.8 Å². The van der Waals surface area contributed by atoms with Crippen molar-refractivity contribution in [2.24, 2.45) is 5.92 Å². The zero-order valence-electron chi connectivity index (χ0n) is 31.8. The summed E-state index contributed by atoms with van der Waals surface area (Å²) >= 11 is 0. The lowest BCUT2D eigenvalue weighted by atomic mass is 9.81. The number of nitrogens with zero attached hydrogens (tertiary/aromatic N) is 2. The Morgan fingerprint density at radius 3 is 2.23 bits per heavy atom. The summed E-state index contributed by atoms with van der Waals surface area (Å²) in [6.07, 6.45) is 1.08. The number of piperidine rings is 3. The first-order chi connectivity index (χ1) is 27.8. The van der Waals surface area contributed by atoms with Crippen LogP contribution in [0.3, 0.4) is 0 Å². The molecule has 0 saturated carbocycles. The number of aromatic amines is 1. The predicted molar refractivity (Wildman–Crippen MR) is 222 cm³/mol. The van der Waals surface area contributed by atoms with Crippen molar-refractivity contribution in [3.05, 3.63) is 166 Å². The second-order valence-electron chi connectivity index (χ2n) is 15.2. The summed E-state index contributed by atoms with van der Waals surface area (Å²) in [7, 11) is 0. The molecule has 3 aliphatic heterocycles. The SMILES string of the molecule is O=C(O)N(C(c1ccccc1)c1cccc(OCCc2ccc(-c3ccc(CNCC(O)c4ccc(O)c5[nH]c(=O)ccc45)cc3)cc2)c1)C1CN2CCC1CC2. The van der Waals surface area contributed by atoms with Gasteiger partial charge in [0.1, 0.15) is 11.5 Å². The number of amides is 1. The molecule has 0 spiro atoms. The molecule has 0 aliphatic carbocycles. The van der Waals surface area contributed by atoms with Gasteiger partial charge >= 0.3 is 6.09 Å². The number of hydrogen-bond donors (Lipinski definition) is 5. The minimum absolute atomic E-state index is 0.0344.